The van der Waals surface area contributed by atoms with Gasteiger partial charge in [0.05, 0.1) is 12.2 Å². The molecule has 2 aromatic heterocycles. The predicted octanol–water partition coefficient (Wildman–Crippen LogP) is 3.67. The Kier molecular flexibility index (Phi) is 4.81. The van der Waals surface area contributed by atoms with Crippen LogP contribution in [0.1, 0.15) is 12.8 Å². The minimum atomic E-state index is 0.0160. The highest BCUT2D eigenvalue weighted by molar-refractivity contribution is 7.71. The maximum absolute atomic E-state index is 12.4. The summed E-state index contributed by atoms with van der Waals surface area (Å²) in [6, 6.07) is 13.4. The number of para-hydroxylation sites is 2. The topological polar surface area (TPSA) is 63.3 Å². The highest BCUT2D eigenvalue weighted by atomic mass is 32.1. The maximum atomic E-state index is 12.4. The summed E-state index contributed by atoms with van der Waals surface area (Å²) in [4.78, 5) is 19.4. The van der Waals surface area contributed by atoms with Crippen molar-refractivity contribution in [2.45, 2.75) is 19.5 Å². The van der Waals surface area contributed by atoms with E-state index in [1.807, 2.05) is 41.0 Å². The molecule has 1 aliphatic rings. The molecule has 1 aliphatic heterocycles. The normalized spacial score (nSPS) is 16.0. The molecule has 1 amide bonds. The van der Waals surface area contributed by atoms with E-state index in [4.69, 9.17) is 16.6 Å². The fourth-order valence-electron chi connectivity index (χ4n) is 3.35. The standard InChI is InChI=1S/C19H20N4O2S/c24-18(21-17-7-3-4-10-20-17)14-8-11-22(12-9-14)13-23-15-5-1-2-6-16(15)25-19(23)26/h1-7,10,14H,8-9,11-13H2,(H,20,21,24). The van der Waals surface area contributed by atoms with Crippen molar-refractivity contribution in [2.75, 3.05) is 18.4 Å². The van der Waals surface area contributed by atoms with Crippen molar-refractivity contribution in [2.24, 2.45) is 5.92 Å². The van der Waals surface area contributed by atoms with Crippen LogP contribution in [0, 0.1) is 10.8 Å². The number of carbonyl (C=O) groups excluding carboxylic acids is 1. The minimum absolute atomic E-state index is 0.0160. The molecule has 0 spiro atoms. The Balaban J connectivity index is 1.37. The van der Waals surface area contributed by atoms with Crippen LogP contribution >= 0.6 is 12.2 Å². The molecule has 1 N–H and O–H groups in total. The molecule has 26 heavy (non-hydrogen) atoms. The van der Waals surface area contributed by atoms with Crippen LogP contribution in [-0.4, -0.2) is 33.4 Å². The molecule has 1 saturated heterocycles. The highest BCUT2D eigenvalue weighted by Gasteiger charge is 2.25. The Hall–Kier alpha value is -2.51. The van der Waals surface area contributed by atoms with Crippen molar-refractivity contribution >= 4 is 35.0 Å². The molecule has 0 aliphatic carbocycles. The number of amides is 1. The van der Waals surface area contributed by atoms with Gasteiger partial charge in [0.2, 0.25) is 5.91 Å². The Bertz CT molecular complexity index is 958. The molecule has 1 aromatic carbocycles. The maximum Gasteiger partial charge on any atom is 0.270 e. The predicted molar refractivity (Wildman–Crippen MR) is 102 cm³/mol. The second-order valence-electron chi connectivity index (χ2n) is 6.50. The average Bonchev–Trinajstić information content (AvgIpc) is 2.98. The van der Waals surface area contributed by atoms with Crippen LogP contribution in [0.3, 0.4) is 0 Å². The first-order valence-corrected chi connectivity index (χ1v) is 9.14. The van der Waals surface area contributed by atoms with Crippen LogP contribution in [0.25, 0.3) is 11.1 Å². The Morgan fingerprint density at radius 1 is 1.19 bits per heavy atom. The zero-order valence-corrected chi connectivity index (χ0v) is 15.1. The van der Waals surface area contributed by atoms with Gasteiger partial charge in [0, 0.05) is 25.2 Å². The summed E-state index contributed by atoms with van der Waals surface area (Å²) in [5.74, 6) is 0.673. The summed E-state index contributed by atoms with van der Waals surface area (Å²) in [7, 11) is 0. The lowest BCUT2D eigenvalue weighted by Gasteiger charge is -2.31. The number of carbonyl (C=O) groups is 1. The van der Waals surface area contributed by atoms with Crippen LogP contribution < -0.4 is 5.32 Å². The zero-order chi connectivity index (χ0) is 17.9. The van der Waals surface area contributed by atoms with Crippen LogP contribution in [0.2, 0.25) is 0 Å². The Morgan fingerprint density at radius 3 is 2.73 bits per heavy atom. The van der Waals surface area contributed by atoms with Gasteiger partial charge in [-0.1, -0.05) is 18.2 Å². The number of piperidine rings is 1. The van der Waals surface area contributed by atoms with Crippen molar-refractivity contribution in [1.82, 2.24) is 14.5 Å². The fraction of sp³-hybridized carbons (Fsp3) is 0.316. The number of aromatic nitrogens is 2. The molecule has 0 bridgehead atoms. The smallest absolute Gasteiger partial charge is 0.270 e. The second kappa shape index (κ2) is 7.39. The molecule has 0 saturated carbocycles. The Labute approximate surface area is 156 Å². The van der Waals surface area contributed by atoms with Crippen LogP contribution in [-0.2, 0) is 11.5 Å². The largest absolute Gasteiger partial charge is 0.429 e. The number of oxazole rings is 1. The lowest BCUT2D eigenvalue weighted by Crippen LogP contribution is -2.39. The number of fused-ring (bicyclic) bond motifs is 1. The van der Waals surface area contributed by atoms with Crippen molar-refractivity contribution in [1.29, 1.82) is 0 Å². The Morgan fingerprint density at radius 2 is 1.96 bits per heavy atom. The first kappa shape index (κ1) is 16.9. The molecular formula is C19H20N4O2S. The van der Waals surface area contributed by atoms with Gasteiger partial charge in [-0.2, -0.15) is 0 Å². The van der Waals surface area contributed by atoms with E-state index in [2.05, 4.69) is 15.2 Å². The third kappa shape index (κ3) is 3.54. The van der Waals surface area contributed by atoms with Gasteiger partial charge in [-0.05, 0) is 49.3 Å². The molecule has 0 unspecified atom stereocenters. The van der Waals surface area contributed by atoms with Gasteiger partial charge in [-0.15, -0.1) is 0 Å². The molecular weight excluding hydrogens is 348 g/mol. The first-order chi connectivity index (χ1) is 12.7. The van der Waals surface area contributed by atoms with Crippen molar-refractivity contribution < 1.29 is 9.21 Å². The second-order valence-corrected chi connectivity index (χ2v) is 6.85. The van der Waals surface area contributed by atoms with Crippen LogP contribution in [0.4, 0.5) is 5.82 Å². The van der Waals surface area contributed by atoms with E-state index in [0.29, 0.717) is 17.3 Å². The number of nitrogens with one attached hydrogen (secondary N) is 1. The first-order valence-electron chi connectivity index (χ1n) is 8.73. The SMILES string of the molecule is O=C(Nc1ccccn1)C1CCN(Cn2c(=S)oc3ccccc32)CC1. The average molecular weight is 368 g/mol. The molecule has 1 fully saturated rings. The van der Waals surface area contributed by atoms with E-state index < -0.39 is 0 Å². The van der Waals surface area contributed by atoms with Gasteiger partial charge >= 0.3 is 0 Å². The zero-order valence-electron chi connectivity index (χ0n) is 14.3. The monoisotopic (exact) mass is 368 g/mol. The number of benzene rings is 1. The quantitative estimate of drug-likeness (QED) is 0.712. The van der Waals surface area contributed by atoms with Crippen molar-refractivity contribution in [3.63, 3.8) is 0 Å². The van der Waals surface area contributed by atoms with Gasteiger partial charge in [-0.25, -0.2) is 4.98 Å². The lowest BCUT2D eigenvalue weighted by atomic mass is 9.96. The van der Waals surface area contributed by atoms with E-state index in [-0.39, 0.29) is 11.8 Å². The van der Waals surface area contributed by atoms with Crippen molar-refractivity contribution in [3.8, 4) is 0 Å². The summed E-state index contributed by atoms with van der Waals surface area (Å²) >= 11 is 5.36. The highest BCUT2D eigenvalue weighted by Crippen LogP contribution is 2.22. The van der Waals surface area contributed by atoms with Crippen LogP contribution in [0.5, 0.6) is 0 Å². The van der Waals surface area contributed by atoms with Crippen molar-refractivity contribution in [3.05, 3.63) is 53.5 Å². The van der Waals surface area contributed by atoms with E-state index in [0.717, 1.165) is 37.0 Å². The third-order valence-corrected chi connectivity index (χ3v) is 5.09. The van der Waals surface area contributed by atoms with Gasteiger partial charge in [0.25, 0.3) is 4.84 Å². The molecule has 0 radical (unpaired) electrons. The summed E-state index contributed by atoms with van der Waals surface area (Å²) in [6.45, 7) is 2.38. The molecule has 4 rings (SSSR count). The lowest BCUT2D eigenvalue weighted by molar-refractivity contribution is -0.121. The number of nitrogens with zero attached hydrogens (tertiary/aromatic N) is 3. The summed E-state index contributed by atoms with van der Waals surface area (Å²) in [5, 5.41) is 2.90. The van der Waals surface area contributed by atoms with E-state index >= 15 is 0 Å². The number of pyridine rings is 1. The van der Waals surface area contributed by atoms with E-state index in [9.17, 15) is 4.79 Å². The fourth-order valence-corrected chi connectivity index (χ4v) is 3.60. The number of hydrogen-bond donors (Lipinski definition) is 1. The van der Waals surface area contributed by atoms with E-state index in [1.54, 1.807) is 12.3 Å². The molecule has 3 aromatic rings. The molecule has 134 valence electrons. The molecule has 7 heteroatoms. The third-order valence-electron chi connectivity index (χ3n) is 4.79. The summed E-state index contributed by atoms with van der Waals surface area (Å²) in [5.41, 5.74) is 1.81. The number of anilines is 1. The summed E-state index contributed by atoms with van der Waals surface area (Å²) < 4.78 is 7.66. The molecule has 6 nitrogen and oxygen atoms in total. The van der Waals surface area contributed by atoms with Gasteiger partial charge in [-0.3, -0.25) is 14.3 Å². The number of hydrogen-bond acceptors (Lipinski definition) is 5. The van der Waals surface area contributed by atoms with Crippen LogP contribution in [0.15, 0.2) is 53.1 Å². The van der Waals surface area contributed by atoms with E-state index in [1.165, 1.54) is 0 Å². The number of likely N-dealkylation sites (tertiary alicyclic amines) is 1. The van der Waals surface area contributed by atoms with Gasteiger partial charge in [0.1, 0.15) is 5.82 Å². The number of rotatable bonds is 4. The minimum Gasteiger partial charge on any atom is -0.429 e. The van der Waals surface area contributed by atoms with Gasteiger partial charge in [0.15, 0.2) is 5.58 Å². The molecule has 0 atom stereocenters. The van der Waals surface area contributed by atoms with Gasteiger partial charge < -0.3 is 9.73 Å². The molecule has 3 heterocycles. The summed E-state index contributed by atoms with van der Waals surface area (Å²) in [6.07, 6.45) is 3.32.